The molecule has 1 heterocycles. The first-order valence-electron chi connectivity index (χ1n) is 5.48. The lowest BCUT2D eigenvalue weighted by molar-refractivity contribution is -0.414. The van der Waals surface area contributed by atoms with Crippen LogP contribution in [0.2, 0.25) is 0 Å². The Kier molecular flexibility index (Phi) is 4.57. The van der Waals surface area contributed by atoms with Crippen LogP contribution in [0.1, 0.15) is 6.92 Å². The van der Waals surface area contributed by atoms with Gasteiger partial charge in [-0.1, -0.05) is 0 Å². The van der Waals surface area contributed by atoms with E-state index in [0.29, 0.717) is 0 Å². The molecule has 1 rings (SSSR count). The highest BCUT2D eigenvalue weighted by Crippen LogP contribution is 2.58. The maximum absolute atomic E-state index is 13.6. The molecule has 23 heavy (non-hydrogen) atoms. The maximum atomic E-state index is 13.6. The van der Waals surface area contributed by atoms with E-state index in [2.05, 4.69) is 5.10 Å². The molecule has 0 saturated heterocycles. The molecule has 0 aliphatic carbocycles. The summed E-state index contributed by atoms with van der Waals surface area (Å²) in [6.45, 7) is 1.00. The lowest BCUT2D eigenvalue weighted by Gasteiger charge is -2.37. The second kappa shape index (κ2) is 5.24. The Morgan fingerprint density at radius 1 is 0.826 bits per heavy atom. The summed E-state index contributed by atoms with van der Waals surface area (Å²) < 4.78 is 141. The molecule has 0 saturated carbocycles. The zero-order chi connectivity index (χ0) is 18.6. The zero-order valence-electron chi connectivity index (χ0n) is 10.6. The van der Waals surface area contributed by atoms with Gasteiger partial charge in [0, 0.05) is 0 Å². The average molecular weight is 387 g/mol. The molecule has 1 aliphatic heterocycles. The highest BCUT2D eigenvalue weighted by molar-refractivity contribution is 6.34. The third-order valence-corrected chi connectivity index (χ3v) is 3.53. The maximum Gasteiger partial charge on any atom is 0.460 e. The van der Waals surface area contributed by atoms with E-state index in [1.54, 1.807) is 5.43 Å². The summed E-state index contributed by atoms with van der Waals surface area (Å²) in [7, 11) is 0. The van der Waals surface area contributed by atoms with Gasteiger partial charge in [-0.05, 0) is 6.92 Å². The molecular formula is C9H6ClF11N2. The molecule has 0 aromatic carbocycles. The average Bonchev–Trinajstić information content (AvgIpc) is 2.68. The van der Waals surface area contributed by atoms with E-state index in [-0.39, 0.29) is 0 Å². The van der Waals surface area contributed by atoms with Crippen molar-refractivity contribution in [1.82, 2.24) is 5.43 Å². The van der Waals surface area contributed by atoms with Crippen LogP contribution >= 0.6 is 11.6 Å². The number of hydrazone groups is 1. The zero-order valence-corrected chi connectivity index (χ0v) is 11.4. The van der Waals surface area contributed by atoms with Crippen molar-refractivity contribution in [3.63, 3.8) is 0 Å². The highest BCUT2D eigenvalue weighted by Gasteiger charge is 2.88. The second-order valence-corrected chi connectivity index (χ2v) is 5.08. The highest BCUT2D eigenvalue weighted by atomic mass is 35.5. The van der Waals surface area contributed by atoms with Crippen LogP contribution in [-0.2, 0) is 0 Å². The lowest BCUT2D eigenvalue weighted by atomic mass is 9.93. The number of hydrogen-bond acceptors (Lipinski definition) is 2. The van der Waals surface area contributed by atoms with Gasteiger partial charge in [0.2, 0.25) is 0 Å². The monoisotopic (exact) mass is 386 g/mol. The van der Waals surface area contributed by atoms with Crippen LogP contribution in [0.15, 0.2) is 5.10 Å². The van der Waals surface area contributed by atoms with Crippen LogP contribution in [0.4, 0.5) is 48.3 Å². The lowest BCUT2D eigenvalue weighted by Crippen LogP contribution is -2.68. The first-order chi connectivity index (χ1) is 9.93. The van der Waals surface area contributed by atoms with Gasteiger partial charge in [0.25, 0.3) is 0 Å². The molecule has 1 aliphatic rings. The van der Waals surface area contributed by atoms with Crippen LogP contribution < -0.4 is 5.43 Å². The van der Waals surface area contributed by atoms with Gasteiger partial charge >= 0.3 is 29.9 Å². The molecule has 1 N–H and O–H groups in total. The summed E-state index contributed by atoms with van der Waals surface area (Å²) >= 11 is 5.21. The topological polar surface area (TPSA) is 24.4 Å². The van der Waals surface area contributed by atoms with E-state index in [0.717, 1.165) is 6.92 Å². The molecule has 0 fully saturated rings. The number of nitrogens with one attached hydrogen (secondary N) is 1. The van der Waals surface area contributed by atoms with Crippen molar-refractivity contribution in [2.45, 2.75) is 48.2 Å². The van der Waals surface area contributed by atoms with Crippen molar-refractivity contribution >= 4 is 17.3 Å². The van der Waals surface area contributed by atoms with Crippen molar-refractivity contribution in [1.29, 1.82) is 0 Å². The van der Waals surface area contributed by atoms with E-state index in [4.69, 9.17) is 11.6 Å². The minimum atomic E-state index is -7.47. The molecule has 2 nitrogen and oxygen atoms in total. The fraction of sp³-hybridized carbons (Fsp3) is 0.889. The Bertz CT molecular complexity index is 498. The van der Waals surface area contributed by atoms with Crippen molar-refractivity contribution in [2.24, 2.45) is 5.10 Å². The Balaban J connectivity index is 3.39. The summed E-state index contributed by atoms with van der Waals surface area (Å²) in [6.07, 6.45) is -7.20. The summed E-state index contributed by atoms with van der Waals surface area (Å²) in [5, 5.41) is 0.406. The minimum Gasteiger partial charge on any atom is -0.305 e. The summed E-state index contributed by atoms with van der Waals surface area (Å²) in [6, 6.07) is -1.27. The van der Waals surface area contributed by atoms with Gasteiger partial charge < -0.3 is 5.43 Å². The molecule has 0 amide bonds. The number of hydrogen-bond donors (Lipinski definition) is 1. The van der Waals surface area contributed by atoms with Gasteiger partial charge in [-0.15, -0.1) is 11.6 Å². The second-order valence-electron chi connectivity index (χ2n) is 4.61. The van der Waals surface area contributed by atoms with Gasteiger partial charge in [0.05, 0.1) is 6.04 Å². The fourth-order valence-corrected chi connectivity index (χ4v) is 1.75. The predicted molar refractivity (Wildman–Crippen MR) is 55.5 cm³/mol. The predicted octanol–water partition coefficient (Wildman–Crippen LogP) is 4.05. The van der Waals surface area contributed by atoms with Gasteiger partial charge in [0.15, 0.2) is 0 Å². The molecule has 0 bridgehead atoms. The minimum absolute atomic E-state index is 1.00. The molecule has 0 aromatic heterocycles. The quantitative estimate of drug-likeness (QED) is 0.572. The van der Waals surface area contributed by atoms with Crippen molar-refractivity contribution in [3.8, 4) is 0 Å². The smallest absolute Gasteiger partial charge is 0.305 e. The van der Waals surface area contributed by atoms with Gasteiger partial charge in [-0.3, -0.25) is 0 Å². The van der Waals surface area contributed by atoms with E-state index in [9.17, 15) is 48.3 Å². The standard InChI is InChI=1S/C9H6ClF11N2/c1-2-3(10)4(23-22-2)5(11,12)6(13,14)7(15,16)8(17,18)9(19,20)21/h2-3,22H,1H3/t2-,3+/m1/s1. The van der Waals surface area contributed by atoms with Gasteiger partial charge in [-0.25, -0.2) is 0 Å². The first-order valence-corrected chi connectivity index (χ1v) is 5.92. The normalized spacial score (nSPS) is 24.5. The summed E-state index contributed by atoms with van der Waals surface area (Å²) in [5.41, 5.74) is -0.466. The Labute approximate surface area is 125 Å². The largest absolute Gasteiger partial charge is 0.460 e. The fourth-order valence-electron chi connectivity index (χ4n) is 1.51. The SMILES string of the molecule is C[C@H]1NN=C(C(F)(F)C(F)(F)C(F)(F)C(F)(F)C(F)(F)F)[C@H]1Cl. The van der Waals surface area contributed by atoms with Crippen LogP contribution in [0.5, 0.6) is 0 Å². The molecule has 0 spiro atoms. The third-order valence-electron chi connectivity index (χ3n) is 2.95. The van der Waals surface area contributed by atoms with Crippen molar-refractivity contribution in [3.05, 3.63) is 0 Å². The Morgan fingerprint density at radius 3 is 1.57 bits per heavy atom. The van der Waals surface area contributed by atoms with Gasteiger partial charge in [0.1, 0.15) is 11.1 Å². The van der Waals surface area contributed by atoms with E-state index in [1.165, 1.54) is 0 Å². The van der Waals surface area contributed by atoms with E-state index >= 15 is 0 Å². The molecule has 136 valence electrons. The first kappa shape index (κ1) is 20.0. The number of alkyl halides is 12. The Hall–Kier alpha value is -1.01. The molecular weight excluding hydrogens is 381 g/mol. The van der Waals surface area contributed by atoms with Crippen LogP contribution in [0.3, 0.4) is 0 Å². The van der Waals surface area contributed by atoms with Crippen LogP contribution in [-0.4, -0.2) is 47.0 Å². The molecule has 0 aromatic rings. The van der Waals surface area contributed by atoms with Crippen molar-refractivity contribution in [2.75, 3.05) is 0 Å². The van der Waals surface area contributed by atoms with Crippen LogP contribution in [0, 0.1) is 0 Å². The molecule has 2 atom stereocenters. The number of rotatable bonds is 4. The van der Waals surface area contributed by atoms with Crippen LogP contribution in [0.25, 0.3) is 0 Å². The van der Waals surface area contributed by atoms with Crippen molar-refractivity contribution < 1.29 is 48.3 Å². The third kappa shape index (κ3) is 2.60. The summed E-state index contributed by atoms with van der Waals surface area (Å²) in [5.74, 6) is -28.2. The molecule has 0 unspecified atom stereocenters. The Morgan fingerprint density at radius 2 is 1.26 bits per heavy atom. The van der Waals surface area contributed by atoms with E-state index in [1.807, 2.05) is 0 Å². The van der Waals surface area contributed by atoms with E-state index < -0.39 is 47.0 Å². The van der Waals surface area contributed by atoms with Gasteiger partial charge in [-0.2, -0.15) is 53.4 Å². The number of nitrogens with zero attached hydrogens (tertiary/aromatic N) is 1. The number of halogens is 12. The molecule has 0 radical (unpaired) electrons. The molecule has 14 heteroatoms. The summed E-state index contributed by atoms with van der Waals surface area (Å²) in [4.78, 5) is 0.